The van der Waals surface area contributed by atoms with Crippen LogP contribution in [-0.4, -0.2) is 72.6 Å². The summed E-state index contributed by atoms with van der Waals surface area (Å²) in [7, 11) is 0. The van der Waals surface area contributed by atoms with Crippen molar-refractivity contribution in [2.45, 2.75) is 121 Å². The normalized spacial score (nSPS) is 31.0. The third-order valence-electron chi connectivity index (χ3n) is 11.0. The molecule has 4 heterocycles. The predicted molar refractivity (Wildman–Crippen MR) is 154 cm³/mol. The second-order valence-corrected chi connectivity index (χ2v) is 13.5. The van der Waals surface area contributed by atoms with Gasteiger partial charge in [0, 0.05) is 42.9 Å². The molecule has 4 aliphatic heterocycles. The van der Waals surface area contributed by atoms with Crippen LogP contribution in [0, 0.1) is 5.41 Å². The number of halogens is 3. The lowest BCUT2D eigenvalue weighted by molar-refractivity contribution is -0.137. The standard InChI is InChI=1S/C32H47F3N4O/c1-23-8-6-7-16-38(23)27-13-17-37(22-27)26-11-12-29(28(20-26)32(33,34)35)39-24(2)21-31(30(39)40)14-18-36(19-15-31)25-9-4-3-5-10-25/h11-12,20,23-25,27H,3-10,13-19,21-22H2,1-2H3/t23-,24?,27-/m0/s1. The van der Waals surface area contributed by atoms with Gasteiger partial charge in [0.15, 0.2) is 0 Å². The molecule has 1 aromatic carbocycles. The molecule has 40 heavy (non-hydrogen) atoms. The molecule has 0 bridgehead atoms. The van der Waals surface area contributed by atoms with Crippen LogP contribution < -0.4 is 9.80 Å². The molecule has 5 aliphatic rings. The van der Waals surface area contributed by atoms with Crippen molar-refractivity contribution >= 4 is 17.3 Å². The van der Waals surface area contributed by atoms with E-state index in [2.05, 4.69) is 21.6 Å². The Morgan fingerprint density at radius 3 is 2.25 bits per heavy atom. The van der Waals surface area contributed by atoms with Gasteiger partial charge in [0.2, 0.25) is 5.91 Å². The van der Waals surface area contributed by atoms with Crippen LogP contribution in [0.2, 0.25) is 0 Å². The molecule has 6 rings (SSSR count). The zero-order valence-electron chi connectivity index (χ0n) is 24.4. The van der Waals surface area contributed by atoms with E-state index in [-0.39, 0.29) is 17.6 Å². The zero-order chi connectivity index (χ0) is 28.1. The van der Waals surface area contributed by atoms with Gasteiger partial charge in [0.05, 0.1) is 16.7 Å². The number of benzene rings is 1. The fourth-order valence-electron chi connectivity index (χ4n) is 8.80. The van der Waals surface area contributed by atoms with Crippen LogP contribution in [0.15, 0.2) is 18.2 Å². The lowest BCUT2D eigenvalue weighted by Crippen LogP contribution is -2.48. The maximum absolute atomic E-state index is 14.6. The van der Waals surface area contributed by atoms with Crippen LogP contribution in [0.25, 0.3) is 0 Å². The number of carbonyl (C=O) groups excluding carboxylic acids is 1. The molecule has 0 N–H and O–H groups in total. The van der Waals surface area contributed by atoms with Crippen LogP contribution in [-0.2, 0) is 11.0 Å². The molecule has 8 heteroatoms. The molecule has 1 aliphatic carbocycles. The molecule has 0 aromatic heterocycles. The van der Waals surface area contributed by atoms with E-state index in [0.717, 1.165) is 52.0 Å². The number of piperidine rings is 2. The summed E-state index contributed by atoms with van der Waals surface area (Å²) >= 11 is 0. The molecule has 1 amide bonds. The van der Waals surface area contributed by atoms with Crippen LogP contribution in [0.1, 0.15) is 96.5 Å². The van der Waals surface area contributed by atoms with Crippen molar-refractivity contribution in [1.82, 2.24) is 9.80 Å². The number of amides is 1. The minimum atomic E-state index is -4.52. The number of nitrogens with zero attached hydrogens (tertiary/aromatic N) is 4. The smallest absolute Gasteiger partial charge is 0.370 e. The summed E-state index contributed by atoms with van der Waals surface area (Å²) in [5, 5.41) is 0. The molecule has 1 saturated carbocycles. The van der Waals surface area contributed by atoms with E-state index in [1.54, 1.807) is 6.07 Å². The molecular formula is C32H47F3N4O. The lowest BCUT2D eigenvalue weighted by atomic mass is 9.75. The first-order valence-corrected chi connectivity index (χ1v) is 16.0. The quantitative estimate of drug-likeness (QED) is 0.410. The van der Waals surface area contributed by atoms with E-state index >= 15 is 0 Å². The maximum Gasteiger partial charge on any atom is 0.418 e. The van der Waals surface area contributed by atoms with Gasteiger partial charge in [-0.1, -0.05) is 25.7 Å². The van der Waals surface area contributed by atoms with Crippen molar-refractivity contribution in [3.63, 3.8) is 0 Å². The first kappa shape index (κ1) is 28.3. The number of anilines is 2. The van der Waals surface area contributed by atoms with E-state index in [4.69, 9.17) is 0 Å². The third kappa shape index (κ3) is 5.28. The van der Waals surface area contributed by atoms with Crippen molar-refractivity contribution in [3.8, 4) is 0 Å². The molecule has 0 radical (unpaired) electrons. The van der Waals surface area contributed by atoms with Gasteiger partial charge < -0.3 is 14.7 Å². The summed E-state index contributed by atoms with van der Waals surface area (Å²) < 4.78 is 43.7. The van der Waals surface area contributed by atoms with Gasteiger partial charge in [-0.05, 0) is 103 Å². The summed E-state index contributed by atoms with van der Waals surface area (Å²) in [6.45, 7) is 8.59. The average Bonchev–Trinajstić information content (AvgIpc) is 3.52. The summed E-state index contributed by atoms with van der Waals surface area (Å²) in [6.07, 6.45) is 8.63. The highest BCUT2D eigenvalue weighted by Gasteiger charge is 2.53. The Labute approximate surface area is 238 Å². The van der Waals surface area contributed by atoms with Gasteiger partial charge in [-0.25, -0.2) is 0 Å². The van der Waals surface area contributed by atoms with Crippen molar-refractivity contribution in [2.24, 2.45) is 5.41 Å². The van der Waals surface area contributed by atoms with Gasteiger partial charge in [-0.3, -0.25) is 9.69 Å². The van der Waals surface area contributed by atoms with Crippen molar-refractivity contribution < 1.29 is 18.0 Å². The molecule has 1 unspecified atom stereocenters. The minimum Gasteiger partial charge on any atom is -0.370 e. The Balaban J connectivity index is 1.19. The number of hydrogen-bond donors (Lipinski definition) is 0. The summed E-state index contributed by atoms with van der Waals surface area (Å²) in [5.41, 5.74) is -0.533. The highest BCUT2D eigenvalue weighted by Crippen LogP contribution is 2.49. The molecule has 1 spiro atoms. The van der Waals surface area contributed by atoms with E-state index in [1.807, 2.05) is 13.0 Å². The van der Waals surface area contributed by atoms with Gasteiger partial charge in [0.25, 0.3) is 0 Å². The number of likely N-dealkylation sites (tertiary alicyclic amines) is 2. The van der Waals surface area contributed by atoms with Gasteiger partial charge in [-0.2, -0.15) is 13.2 Å². The van der Waals surface area contributed by atoms with E-state index < -0.39 is 17.2 Å². The van der Waals surface area contributed by atoms with E-state index in [9.17, 15) is 18.0 Å². The zero-order valence-corrected chi connectivity index (χ0v) is 24.4. The van der Waals surface area contributed by atoms with Crippen LogP contribution in [0.4, 0.5) is 24.5 Å². The average molecular weight is 561 g/mol. The topological polar surface area (TPSA) is 30.0 Å². The molecule has 4 saturated heterocycles. The highest BCUT2D eigenvalue weighted by molar-refractivity contribution is 6.01. The van der Waals surface area contributed by atoms with Crippen LogP contribution in [0.5, 0.6) is 0 Å². The fraction of sp³-hybridized carbons (Fsp3) is 0.781. The SMILES string of the molecule is CC1CC2(CCN(C3CCCCC3)CC2)C(=O)N1c1ccc(N2CC[C@H](N3CCCC[C@@H]3C)C2)cc1C(F)(F)F. The Bertz CT molecular complexity index is 1060. The Kier molecular flexibility index (Phi) is 7.88. The minimum absolute atomic E-state index is 0.0423. The first-order valence-electron chi connectivity index (χ1n) is 16.0. The molecule has 5 fully saturated rings. The lowest BCUT2D eigenvalue weighted by Gasteiger charge is -2.42. The number of carbonyl (C=O) groups is 1. The van der Waals surface area contributed by atoms with Crippen molar-refractivity contribution in [2.75, 3.05) is 42.5 Å². The predicted octanol–water partition coefficient (Wildman–Crippen LogP) is 6.70. The second-order valence-electron chi connectivity index (χ2n) is 13.5. The van der Waals surface area contributed by atoms with Crippen molar-refractivity contribution in [1.29, 1.82) is 0 Å². The highest BCUT2D eigenvalue weighted by atomic mass is 19.4. The second kappa shape index (κ2) is 11.1. The van der Waals surface area contributed by atoms with Crippen LogP contribution >= 0.6 is 0 Å². The summed E-state index contributed by atoms with van der Waals surface area (Å²) in [4.78, 5) is 22.7. The Hall–Kier alpha value is -1.80. The van der Waals surface area contributed by atoms with E-state index in [0.29, 0.717) is 30.2 Å². The molecule has 3 atom stereocenters. The number of hydrogen-bond acceptors (Lipinski definition) is 4. The molecular weight excluding hydrogens is 513 g/mol. The maximum atomic E-state index is 14.6. The summed E-state index contributed by atoms with van der Waals surface area (Å²) in [6, 6.07) is 6.03. The number of rotatable bonds is 4. The van der Waals surface area contributed by atoms with Gasteiger partial charge >= 0.3 is 6.18 Å². The Morgan fingerprint density at radius 2 is 1.55 bits per heavy atom. The fourth-order valence-corrected chi connectivity index (χ4v) is 8.80. The van der Waals surface area contributed by atoms with Gasteiger partial charge in [0.1, 0.15) is 0 Å². The molecule has 222 valence electrons. The number of alkyl halides is 3. The van der Waals surface area contributed by atoms with Gasteiger partial charge in [-0.15, -0.1) is 0 Å². The monoisotopic (exact) mass is 560 g/mol. The third-order valence-corrected chi connectivity index (χ3v) is 11.0. The Morgan fingerprint density at radius 1 is 0.825 bits per heavy atom. The molecule has 1 aromatic rings. The molecule has 5 nitrogen and oxygen atoms in total. The largest absolute Gasteiger partial charge is 0.418 e. The van der Waals surface area contributed by atoms with Crippen molar-refractivity contribution in [3.05, 3.63) is 23.8 Å². The van der Waals surface area contributed by atoms with E-state index in [1.165, 1.54) is 62.3 Å². The van der Waals surface area contributed by atoms with Crippen LogP contribution in [0.3, 0.4) is 0 Å². The first-order chi connectivity index (χ1) is 19.2. The summed E-state index contributed by atoms with van der Waals surface area (Å²) in [5.74, 6) is -0.0955.